The van der Waals surface area contributed by atoms with Crippen molar-refractivity contribution in [3.63, 3.8) is 0 Å². The number of hydrogen-bond donors (Lipinski definition) is 3. The van der Waals surface area contributed by atoms with E-state index in [-0.39, 0.29) is 22.5 Å². The molecule has 12 heteroatoms. The SMILES string of the molecule is COc1ccc(Nc2nc(Nc3ccon3)ncc2Cl)c(NS(C)(=O)=O)c1. The second-order valence-corrected chi connectivity index (χ2v) is 7.47. The van der Waals surface area contributed by atoms with Gasteiger partial charge in [0.1, 0.15) is 17.0 Å². The van der Waals surface area contributed by atoms with Crippen molar-refractivity contribution in [1.82, 2.24) is 15.1 Å². The number of ether oxygens (including phenoxy) is 1. The first-order valence-electron chi connectivity index (χ1n) is 7.47. The van der Waals surface area contributed by atoms with Gasteiger partial charge in [0.05, 0.1) is 30.9 Å². The van der Waals surface area contributed by atoms with Crippen LogP contribution in [0.1, 0.15) is 0 Å². The molecule has 0 saturated heterocycles. The van der Waals surface area contributed by atoms with Gasteiger partial charge in [-0.25, -0.2) is 13.4 Å². The van der Waals surface area contributed by atoms with Crippen LogP contribution in [0.15, 0.2) is 41.2 Å². The molecule has 0 unspecified atom stereocenters. The fourth-order valence-electron chi connectivity index (χ4n) is 2.08. The molecule has 0 fully saturated rings. The summed E-state index contributed by atoms with van der Waals surface area (Å²) in [6.45, 7) is 0. The average molecular weight is 411 g/mol. The minimum atomic E-state index is -3.51. The Morgan fingerprint density at radius 2 is 2.00 bits per heavy atom. The summed E-state index contributed by atoms with van der Waals surface area (Å²) in [7, 11) is -2.03. The molecule has 1 aromatic carbocycles. The van der Waals surface area contributed by atoms with Crippen molar-refractivity contribution in [2.75, 3.05) is 28.7 Å². The molecule has 0 saturated carbocycles. The van der Waals surface area contributed by atoms with Crippen molar-refractivity contribution in [3.8, 4) is 5.75 Å². The molecule has 0 aliphatic heterocycles. The van der Waals surface area contributed by atoms with Crippen LogP contribution in [-0.2, 0) is 10.0 Å². The highest BCUT2D eigenvalue weighted by atomic mass is 35.5. The van der Waals surface area contributed by atoms with Gasteiger partial charge in [0.25, 0.3) is 0 Å². The Morgan fingerprint density at radius 3 is 2.67 bits per heavy atom. The molecule has 142 valence electrons. The Labute approximate surface area is 160 Å². The van der Waals surface area contributed by atoms with E-state index in [4.69, 9.17) is 20.9 Å². The monoisotopic (exact) mass is 410 g/mol. The van der Waals surface area contributed by atoms with Crippen LogP contribution >= 0.6 is 11.6 Å². The van der Waals surface area contributed by atoms with Gasteiger partial charge in [0.2, 0.25) is 16.0 Å². The first-order valence-corrected chi connectivity index (χ1v) is 9.74. The van der Waals surface area contributed by atoms with Crippen molar-refractivity contribution < 1.29 is 17.7 Å². The zero-order valence-electron chi connectivity index (χ0n) is 14.2. The van der Waals surface area contributed by atoms with Crippen molar-refractivity contribution in [2.24, 2.45) is 0 Å². The number of benzene rings is 1. The summed E-state index contributed by atoms with van der Waals surface area (Å²) in [4.78, 5) is 8.32. The van der Waals surface area contributed by atoms with Crippen LogP contribution in [0.2, 0.25) is 5.02 Å². The fraction of sp³-hybridized carbons (Fsp3) is 0.133. The molecule has 3 N–H and O–H groups in total. The third-order valence-electron chi connectivity index (χ3n) is 3.20. The number of sulfonamides is 1. The van der Waals surface area contributed by atoms with Gasteiger partial charge in [0, 0.05) is 12.1 Å². The lowest BCUT2D eigenvalue weighted by Gasteiger charge is -2.15. The van der Waals surface area contributed by atoms with Crippen LogP contribution in [0.25, 0.3) is 0 Å². The molecule has 10 nitrogen and oxygen atoms in total. The number of halogens is 1. The molecule has 2 aromatic heterocycles. The summed E-state index contributed by atoms with van der Waals surface area (Å²) in [6.07, 6.45) is 3.85. The first-order chi connectivity index (χ1) is 12.8. The summed E-state index contributed by atoms with van der Waals surface area (Å²) in [5.41, 5.74) is 0.701. The summed E-state index contributed by atoms with van der Waals surface area (Å²) in [5.74, 6) is 1.39. The molecular weight excluding hydrogens is 396 g/mol. The summed E-state index contributed by atoms with van der Waals surface area (Å²) >= 11 is 6.16. The Bertz CT molecular complexity index is 1040. The van der Waals surface area contributed by atoms with Crippen LogP contribution in [0, 0.1) is 0 Å². The van der Waals surface area contributed by atoms with Crippen LogP contribution in [0.3, 0.4) is 0 Å². The van der Waals surface area contributed by atoms with Crippen molar-refractivity contribution in [3.05, 3.63) is 41.7 Å². The van der Waals surface area contributed by atoms with Crippen molar-refractivity contribution in [2.45, 2.75) is 0 Å². The van der Waals surface area contributed by atoms with Crippen LogP contribution < -0.4 is 20.1 Å². The zero-order chi connectivity index (χ0) is 19.4. The van der Waals surface area contributed by atoms with E-state index in [1.807, 2.05) is 0 Å². The quantitative estimate of drug-likeness (QED) is 0.537. The number of anilines is 5. The van der Waals surface area contributed by atoms with E-state index in [9.17, 15) is 8.42 Å². The lowest BCUT2D eigenvalue weighted by Crippen LogP contribution is -2.11. The largest absolute Gasteiger partial charge is 0.497 e. The van der Waals surface area contributed by atoms with E-state index < -0.39 is 10.0 Å². The van der Waals surface area contributed by atoms with Gasteiger partial charge in [-0.05, 0) is 12.1 Å². The predicted octanol–water partition coefficient (Wildman–Crippen LogP) is 2.99. The van der Waals surface area contributed by atoms with E-state index >= 15 is 0 Å². The van der Waals surface area contributed by atoms with Gasteiger partial charge in [-0.2, -0.15) is 4.98 Å². The fourth-order valence-corrected chi connectivity index (χ4v) is 2.78. The Balaban J connectivity index is 1.92. The van der Waals surface area contributed by atoms with E-state index in [2.05, 4.69) is 30.5 Å². The summed E-state index contributed by atoms with van der Waals surface area (Å²) in [6, 6.07) is 6.44. The lowest BCUT2D eigenvalue weighted by molar-refractivity contribution is 0.415. The number of nitrogens with one attached hydrogen (secondary N) is 3. The maximum atomic E-state index is 11.6. The van der Waals surface area contributed by atoms with E-state index in [0.717, 1.165) is 6.26 Å². The van der Waals surface area contributed by atoms with Crippen molar-refractivity contribution in [1.29, 1.82) is 0 Å². The van der Waals surface area contributed by atoms with Crippen LogP contribution in [0.5, 0.6) is 5.75 Å². The highest BCUT2D eigenvalue weighted by Crippen LogP contribution is 2.32. The molecule has 0 aliphatic rings. The van der Waals surface area contributed by atoms with Gasteiger partial charge in [-0.3, -0.25) is 4.72 Å². The minimum Gasteiger partial charge on any atom is -0.497 e. The van der Waals surface area contributed by atoms with Crippen LogP contribution in [-0.4, -0.2) is 36.9 Å². The van der Waals surface area contributed by atoms with Gasteiger partial charge in [0.15, 0.2) is 11.6 Å². The zero-order valence-corrected chi connectivity index (χ0v) is 15.8. The highest BCUT2D eigenvalue weighted by molar-refractivity contribution is 7.92. The number of nitrogens with zero attached hydrogens (tertiary/aromatic N) is 3. The number of hydrogen-bond acceptors (Lipinski definition) is 9. The highest BCUT2D eigenvalue weighted by Gasteiger charge is 2.13. The molecule has 3 aromatic rings. The molecule has 0 atom stereocenters. The molecule has 0 aliphatic carbocycles. The average Bonchev–Trinajstić information content (AvgIpc) is 3.11. The van der Waals surface area contributed by atoms with Gasteiger partial charge >= 0.3 is 0 Å². The number of methoxy groups -OCH3 is 1. The van der Waals surface area contributed by atoms with E-state index in [1.165, 1.54) is 25.6 Å². The number of aromatic nitrogens is 3. The summed E-state index contributed by atoms with van der Waals surface area (Å²) in [5, 5.41) is 9.79. The maximum absolute atomic E-state index is 11.6. The topological polar surface area (TPSA) is 131 Å². The third kappa shape index (κ3) is 4.99. The van der Waals surface area contributed by atoms with E-state index in [1.54, 1.807) is 18.2 Å². The number of rotatable bonds is 7. The molecule has 27 heavy (non-hydrogen) atoms. The predicted molar refractivity (Wildman–Crippen MR) is 102 cm³/mol. The Morgan fingerprint density at radius 1 is 1.19 bits per heavy atom. The van der Waals surface area contributed by atoms with Gasteiger partial charge in [-0.15, -0.1) is 0 Å². The molecule has 0 radical (unpaired) electrons. The molecule has 0 bridgehead atoms. The first kappa shape index (κ1) is 18.7. The molecule has 0 amide bonds. The van der Waals surface area contributed by atoms with Crippen molar-refractivity contribution >= 4 is 50.6 Å². The lowest BCUT2D eigenvalue weighted by atomic mass is 10.2. The smallest absolute Gasteiger partial charge is 0.230 e. The molecule has 0 spiro atoms. The normalized spacial score (nSPS) is 11.1. The Kier molecular flexibility index (Phi) is 5.33. The molecular formula is C15H15ClN6O4S. The minimum absolute atomic E-state index is 0.224. The third-order valence-corrected chi connectivity index (χ3v) is 4.06. The second kappa shape index (κ2) is 7.68. The van der Waals surface area contributed by atoms with Crippen LogP contribution in [0.4, 0.5) is 29.0 Å². The standard InChI is InChI=1S/C15H15ClN6O4S/c1-25-9-3-4-11(12(7-9)22-27(2,23)24)18-14-10(16)8-17-15(20-14)19-13-5-6-26-21-13/h3-8,22H,1-2H3,(H2,17,18,19,20,21). The molecule has 3 rings (SSSR count). The van der Waals surface area contributed by atoms with E-state index in [0.29, 0.717) is 17.3 Å². The molecule has 2 heterocycles. The van der Waals surface area contributed by atoms with Gasteiger partial charge in [-0.1, -0.05) is 16.8 Å². The van der Waals surface area contributed by atoms with Gasteiger partial charge < -0.3 is 19.9 Å². The second-order valence-electron chi connectivity index (χ2n) is 5.31. The maximum Gasteiger partial charge on any atom is 0.230 e. The Hall–Kier alpha value is -3.05. The summed E-state index contributed by atoms with van der Waals surface area (Å²) < 4.78 is 35.6.